The minimum atomic E-state index is -0.131. The molecule has 2 heterocycles. The van der Waals surface area contributed by atoms with Gasteiger partial charge in [-0.1, -0.05) is 18.9 Å². The van der Waals surface area contributed by atoms with Gasteiger partial charge in [0, 0.05) is 12.6 Å². The van der Waals surface area contributed by atoms with E-state index < -0.39 is 0 Å². The highest BCUT2D eigenvalue weighted by molar-refractivity contribution is 7.13. The molecule has 0 aliphatic carbocycles. The highest BCUT2D eigenvalue weighted by atomic mass is 32.1. The molecule has 2 rings (SSSR count). The van der Waals surface area contributed by atoms with Crippen molar-refractivity contribution in [3.63, 3.8) is 0 Å². The maximum Gasteiger partial charge on any atom is 0.252 e. The molecule has 0 saturated carbocycles. The summed E-state index contributed by atoms with van der Waals surface area (Å²) in [6, 6.07) is 5.44. The zero-order chi connectivity index (χ0) is 14.2. The van der Waals surface area contributed by atoms with Crippen LogP contribution in [0.25, 0.3) is 10.6 Å². The van der Waals surface area contributed by atoms with Crippen molar-refractivity contribution in [2.45, 2.75) is 25.7 Å². The second kappa shape index (κ2) is 7.81. The van der Waals surface area contributed by atoms with E-state index in [9.17, 15) is 4.79 Å². The molecule has 0 bridgehead atoms. The zero-order valence-electron chi connectivity index (χ0n) is 11.4. The number of hydrogen-bond donors (Lipinski definition) is 3. The van der Waals surface area contributed by atoms with Crippen LogP contribution in [0.2, 0.25) is 0 Å². The number of nitrogens with one attached hydrogen (secondary N) is 2. The molecular weight excluding hydrogens is 272 g/mol. The molecule has 5 nitrogen and oxygen atoms in total. The number of hydrogen-bond acceptors (Lipinski definition) is 5. The summed E-state index contributed by atoms with van der Waals surface area (Å²) in [6.45, 7) is 1.56. The predicted octanol–water partition coefficient (Wildman–Crippen LogP) is 2.43. The van der Waals surface area contributed by atoms with Gasteiger partial charge >= 0.3 is 0 Å². The Kier molecular flexibility index (Phi) is 5.76. The summed E-state index contributed by atoms with van der Waals surface area (Å²) in [5.74, 6) is 0.541. The van der Waals surface area contributed by atoms with E-state index in [0.29, 0.717) is 5.95 Å². The van der Waals surface area contributed by atoms with Crippen molar-refractivity contribution in [2.24, 2.45) is 5.73 Å². The van der Waals surface area contributed by atoms with Gasteiger partial charge in [0.1, 0.15) is 0 Å². The molecule has 108 valence electrons. The van der Waals surface area contributed by atoms with Gasteiger partial charge in [-0.15, -0.1) is 11.3 Å². The molecule has 0 spiro atoms. The standard InChI is InChI=1S/C14H20N4OS/c15-7-3-1-2-4-8-16-14-17-11(10-13(19)18-14)12-6-5-9-20-12/h5-6,9-10H,1-4,7-8,15H2,(H2,16,17,18,19). The molecule has 0 radical (unpaired) electrons. The van der Waals surface area contributed by atoms with Crippen LogP contribution < -0.4 is 16.6 Å². The van der Waals surface area contributed by atoms with Crippen LogP contribution in [0.1, 0.15) is 25.7 Å². The van der Waals surface area contributed by atoms with Crippen molar-refractivity contribution < 1.29 is 0 Å². The minimum absolute atomic E-state index is 0.131. The molecule has 0 aliphatic heterocycles. The Hall–Kier alpha value is -1.66. The third kappa shape index (κ3) is 4.47. The van der Waals surface area contributed by atoms with E-state index in [1.165, 1.54) is 6.07 Å². The first-order valence-electron chi connectivity index (χ1n) is 6.89. The lowest BCUT2D eigenvalue weighted by atomic mass is 10.2. The molecule has 0 saturated heterocycles. The van der Waals surface area contributed by atoms with E-state index in [1.807, 2.05) is 17.5 Å². The number of thiophene rings is 1. The molecular formula is C14H20N4OS. The van der Waals surface area contributed by atoms with Crippen LogP contribution in [0.15, 0.2) is 28.4 Å². The first-order valence-corrected chi connectivity index (χ1v) is 7.77. The summed E-state index contributed by atoms with van der Waals surface area (Å²) >= 11 is 1.58. The third-order valence-corrected chi connectivity index (χ3v) is 3.83. The van der Waals surface area contributed by atoms with Crippen LogP contribution >= 0.6 is 11.3 Å². The molecule has 0 fully saturated rings. The Morgan fingerprint density at radius 3 is 2.90 bits per heavy atom. The van der Waals surface area contributed by atoms with E-state index in [0.717, 1.165) is 49.3 Å². The molecule has 2 aromatic heterocycles. The van der Waals surface area contributed by atoms with E-state index in [2.05, 4.69) is 15.3 Å². The lowest BCUT2D eigenvalue weighted by Gasteiger charge is -2.06. The molecule has 4 N–H and O–H groups in total. The van der Waals surface area contributed by atoms with Crippen molar-refractivity contribution in [3.05, 3.63) is 33.9 Å². The van der Waals surface area contributed by atoms with Crippen molar-refractivity contribution in [1.29, 1.82) is 0 Å². The second-order valence-electron chi connectivity index (χ2n) is 4.59. The second-order valence-corrected chi connectivity index (χ2v) is 5.53. The van der Waals surface area contributed by atoms with E-state index in [4.69, 9.17) is 5.73 Å². The Balaban J connectivity index is 1.90. The number of anilines is 1. The number of rotatable bonds is 8. The summed E-state index contributed by atoms with van der Waals surface area (Å²) in [4.78, 5) is 19.8. The van der Waals surface area contributed by atoms with Crippen LogP contribution in [0.5, 0.6) is 0 Å². The average Bonchev–Trinajstić information content (AvgIpc) is 2.96. The summed E-state index contributed by atoms with van der Waals surface area (Å²) in [6.07, 6.45) is 4.41. The monoisotopic (exact) mass is 292 g/mol. The van der Waals surface area contributed by atoms with Crippen molar-refractivity contribution in [2.75, 3.05) is 18.4 Å². The summed E-state index contributed by atoms with van der Waals surface area (Å²) in [5, 5.41) is 5.15. The molecule has 0 amide bonds. The van der Waals surface area contributed by atoms with E-state index in [-0.39, 0.29) is 5.56 Å². The number of aromatic amines is 1. The van der Waals surface area contributed by atoms with Gasteiger partial charge in [0.05, 0.1) is 10.6 Å². The lowest BCUT2D eigenvalue weighted by Crippen LogP contribution is -2.13. The topological polar surface area (TPSA) is 83.8 Å². The van der Waals surface area contributed by atoms with E-state index >= 15 is 0 Å². The van der Waals surface area contributed by atoms with Gasteiger partial charge in [0.2, 0.25) is 5.95 Å². The van der Waals surface area contributed by atoms with Gasteiger partial charge in [-0.2, -0.15) is 0 Å². The predicted molar refractivity (Wildman–Crippen MR) is 84.2 cm³/mol. The molecule has 0 aliphatic rings. The average molecular weight is 292 g/mol. The fraction of sp³-hybridized carbons (Fsp3) is 0.429. The molecule has 6 heteroatoms. The van der Waals surface area contributed by atoms with Crippen LogP contribution in [0, 0.1) is 0 Å². The van der Waals surface area contributed by atoms with Crippen LogP contribution in [0.4, 0.5) is 5.95 Å². The maximum absolute atomic E-state index is 11.6. The molecule has 20 heavy (non-hydrogen) atoms. The fourth-order valence-electron chi connectivity index (χ4n) is 1.92. The molecule has 0 aromatic carbocycles. The highest BCUT2D eigenvalue weighted by Gasteiger charge is 2.04. The van der Waals surface area contributed by atoms with Crippen LogP contribution in [0.3, 0.4) is 0 Å². The first-order chi connectivity index (χ1) is 9.79. The van der Waals surface area contributed by atoms with Crippen molar-refractivity contribution in [3.8, 4) is 10.6 Å². The number of H-pyrrole nitrogens is 1. The lowest BCUT2D eigenvalue weighted by molar-refractivity contribution is 0.660. The first kappa shape index (κ1) is 14.7. The van der Waals surface area contributed by atoms with Gasteiger partial charge in [-0.3, -0.25) is 9.78 Å². The Morgan fingerprint density at radius 2 is 2.15 bits per heavy atom. The number of unbranched alkanes of at least 4 members (excludes halogenated alkanes) is 3. The number of nitrogens with zero attached hydrogens (tertiary/aromatic N) is 1. The molecule has 2 aromatic rings. The fourth-order valence-corrected chi connectivity index (χ4v) is 2.61. The van der Waals surface area contributed by atoms with Crippen LogP contribution in [-0.4, -0.2) is 23.1 Å². The minimum Gasteiger partial charge on any atom is -0.356 e. The highest BCUT2D eigenvalue weighted by Crippen LogP contribution is 2.21. The van der Waals surface area contributed by atoms with E-state index in [1.54, 1.807) is 11.3 Å². The largest absolute Gasteiger partial charge is 0.356 e. The Morgan fingerprint density at radius 1 is 1.30 bits per heavy atom. The number of nitrogens with two attached hydrogens (primary N) is 1. The van der Waals surface area contributed by atoms with Gasteiger partial charge in [0.15, 0.2) is 0 Å². The van der Waals surface area contributed by atoms with Crippen LogP contribution in [-0.2, 0) is 0 Å². The third-order valence-electron chi connectivity index (χ3n) is 2.94. The Bertz CT molecular complexity index is 565. The normalized spacial score (nSPS) is 10.7. The quantitative estimate of drug-likeness (QED) is 0.652. The van der Waals surface area contributed by atoms with Gasteiger partial charge < -0.3 is 11.1 Å². The number of aromatic nitrogens is 2. The van der Waals surface area contributed by atoms with Gasteiger partial charge in [0.25, 0.3) is 5.56 Å². The van der Waals surface area contributed by atoms with Crippen molar-refractivity contribution >= 4 is 17.3 Å². The van der Waals surface area contributed by atoms with Gasteiger partial charge in [-0.25, -0.2) is 4.98 Å². The Labute approximate surface area is 122 Å². The zero-order valence-corrected chi connectivity index (χ0v) is 12.2. The maximum atomic E-state index is 11.6. The smallest absolute Gasteiger partial charge is 0.252 e. The molecule has 0 unspecified atom stereocenters. The van der Waals surface area contributed by atoms with Crippen molar-refractivity contribution in [1.82, 2.24) is 9.97 Å². The molecule has 0 atom stereocenters. The summed E-state index contributed by atoms with van der Waals surface area (Å²) in [5.41, 5.74) is 6.04. The summed E-state index contributed by atoms with van der Waals surface area (Å²) in [7, 11) is 0. The SMILES string of the molecule is NCCCCCCNc1nc(-c2cccs2)cc(=O)[nH]1. The van der Waals surface area contributed by atoms with Gasteiger partial charge in [-0.05, 0) is 30.8 Å². The summed E-state index contributed by atoms with van der Waals surface area (Å²) < 4.78 is 0.